The molecule has 3 aromatic carbocycles. The van der Waals surface area contributed by atoms with E-state index in [1.165, 1.54) is 5.56 Å². The molecule has 28 heavy (non-hydrogen) atoms. The molecule has 0 amide bonds. The molecule has 1 N–H and O–H groups in total. The van der Waals surface area contributed by atoms with Gasteiger partial charge in [-0.1, -0.05) is 74.3 Å². The van der Waals surface area contributed by atoms with Crippen LogP contribution in [0.15, 0.2) is 92.9 Å². The number of benzene rings is 3. The Balaban J connectivity index is 1.63. The van der Waals surface area contributed by atoms with Crippen molar-refractivity contribution >= 4 is 60.6 Å². The molecule has 0 fully saturated rings. The highest BCUT2D eigenvalue weighted by molar-refractivity contribution is 9.10. The fourth-order valence-corrected chi connectivity index (χ4v) is 3.98. The highest BCUT2D eigenvalue weighted by Crippen LogP contribution is 2.33. The Labute approximate surface area is 186 Å². The van der Waals surface area contributed by atoms with E-state index >= 15 is 0 Å². The molecule has 1 unspecified atom stereocenters. The van der Waals surface area contributed by atoms with E-state index in [1.807, 2.05) is 47.5 Å². The first kappa shape index (κ1) is 19.3. The average Bonchev–Trinajstić information content (AvgIpc) is 3.16. The van der Waals surface area contributed by atoms with Crippen molar-refractivity contribution in [1.82, 2.24) is 5.01 Å². The van der Waals surface area contributed by atoms with Gasteiger partial charge < -0.3 is 5.32 Å². The quantitative estimate of drug-likeness (QED) is 0.391. The van der Waals surface area contributed by atoms with Gasteiger partial charge in [-0.3, -0.25) is 0 Å². The highest BCUT2D eigenvalue weighted by Gasteiger charge is 2.31. The lowest BCUT2D eigenvalue weighted by atomic mass is 9.99. The second-order valence-electron chi connectivity index (χ2n) is 6.47. The second-order valence-corrected chi connectivity index (χ2v) is 8.68. The van der Waals surface area contributed by atoms with Crippen molar-refractivity contribution in [1.29, 1.82) is 0 Å². The van der Waals surface area contributed by atoms with Crippen LogP contribution >= 0.6 is 44.1 Å². The molecule has 6 heteroatoms. The fourth-order valence-electron chi connectivity index (χ4n) is 3.16. The van der Waals surface area contributed by atoms with Crippen molar-refractivity contribution in [2.75, 3.05) is 5.32 Å². The molecule has 0 saturated heterocycles. The van der Waals surface area contributed by atoms with Crippen LogP contribution in [0.25, 0.3) is 0 Å². The maximum Gasteiger partial charge on any atom is 0.194 e. The summed E-state index contributed by atoms with van der Waals surface area (Å²) in [5, 5.41) is 10.7. The molecule has 0 saturated carbocycles. The van der Waals surface area contributed by atoms with Crippen LogP contribution in [0, 0.1) is 0 Å². The summed E-state index contributed by atoms with van der Waals surface area (Å²) in [5.41, 5.74) is 4.27. The highest BCUT2D eigenvalue weighted by atomic mass is 79.9. The van der Waals surface area contributed by atoms with Crippen molar-refractivity contribution < 1.29 is 0 Å². The van der Waals surface area contributed by atoms with Gasteiger partial charge in [0.1, 0.15) is 0 Å². The predicted molar refractivity (Wildman–Crippen MR) is 127 cm³/mol. The molecule has 140 valence electrons. The van der Waals surface area contributed by atoms with Crippen LogP contribution in [0.4, 0.5) is 5.69 Å². The first-order valence-corrected chi connectivity index (χ1v) is 10.8. The van der Waals surface area contributed by atoms with Crippen molar-refractivity contribution in [3.8, 4) is 0 Å². The molecular weight excluding hydrogens is 498 g/mol. The summed E-state index contributed by atoms with van der Waals surface area (Å²) in [6.07, 6.45) is 0.799. The predicted octanol–water partition coefficient (Wildman–Crippen LogP) is 6.76. The molecule has 0 aliphatic carbocycles. The zero-order valence-corrected chi connectivity index (χ0v) is 18.8. The monoisotopic (exact) mass is 513 g/mol. The zero-order valence-electron chi connectivity index (χ0n) is 14.8. The van der Waals surface area contributed by atoms with Gasteiger partial charge in [0.2, 0.25) is 0 Å². The Morgan fingerprint density at radius 3 is 2.14 bits per heavy atom. The SMILES string of the molecule is S=C(Nc1ccc(Br)cc1)N1N=C(c2ccc(Br)cc2)CC1c1ccccc1. The lowest BCUT2D eigenvalue weighted by Crippen LogP contribution is -2.31. The first-order chi connectivity index (χ1) is 13.6. The second kappa shape index (κ2) is 8.55. The van der Waals surface area contributed by atoms with E-state index in [4.69, 9.17) is 17.3 Å². The van der Waals surface area contributed by atoms with Gasteiger partial charge in [0, 0.05) is 21.1 Å². The van der Waals surface area contributed by atoms with Crippen molar-refractivity contribution in [2.45, 2.75) is 12.5 Å². The molecule has 0 radical (unpaired) electrons. The molecule has 3 aromatic rings. The summed E-state index contributed by atoms with van der Waals surface area (Å²) in [5.74, 6) is 0. The lowest BCUT2D eigenvalue weighted by molar-refractivity contribution is 0.375. The van der Waals surface area contributed by atoms with E-state index in [9.17, 15) is 0 Å². The Hall–Kier alpha value is -2.02. The maximum absolute atomic E-state index is 5.72. The lowest BCUT2D eigenvalue weighted by Gasteiger charge is -2.24. The van der Waals surface area contributed by atoms with E-state index in [1.54, 1.807) is 0 Å². The van der Waals surface area contributed by atoms with Crippen LogP contribution in [0.2, 0.25) is 0 Å². The van der Waals surface area contributed by atoms with Crippen LogP contribution in [0.5, 0.6) is 0 Å². The summed E-state index contributed by atoms with van der Waals surface area (Å²) in [6.45, 7) is 0. The standard InChI is InChI=1S/C22H17Br2N3S/c23-17-8-6-15(7-9-17)20-14-21(16-4-2-1-3-5-16)27(26-20)22(28)25-19-12-10-18(24)11-13-19/h1-13,21H,14H2,(H,25,28). The van der Waals surface area contributed by atoms with Gasteiger partial charge in [0.25, 0.3) is 0 Å². The number of rotatable bonds is 3. The van der Waals surface area contributed by atoms with E-state index in [-0.39, 0.29) is 6.04 Å². The van der Waals surface area contributed by atoms with Gasteiger partial charge in [-0.15, -0.1) is 0 Å². The molecule has 1 aliphatic rings. The van der Waals surface area contributed by atoms with Gasteiger partial charge in [-0.25, -0.2) is 5.01 Å². The van der Waals surface area contributed by atoms with E-state index in [0.29, 0.717) is 5.11 Å². The first-order valence-electron chi connectivity index (χ1n) is 8.84. The molecule has 0 spiro atoms. The largest absolute Gasteiger partial charge is 0.331 e. The smallest absolute Gasteiger partial charge is 0.194 e. The van der Waals surface area contributed by atoms with Crippen LogP contribution in [-0.4, -0.2) is 15.8 Å². The summed E-state index contributed by atoms with van der Waals surface area (Å²) >= 11 is 12.7. The minimum absolute atomic E-state index is 0.0651. The normalized spacial score (nSPS) is 16.0. The molecule has 3 nitrogen and oxygen atoms in total. The molecule has 0 aromatic heterocycles. The number of nitrogens with zero attached hydrogens (tertiary/aromatic N) is 2. The summed E-state index contributed by atoms with van der Waals surface area (Å²) in [4.78, 5) is 0. The molecule has 4 rings (SSSR count). The van der Waals surface area contributed by atoms with Crippen LogP contribution in [0.1, 0.15) is 23.6 Å². The van der Waals surface area contributed by atoms with E-state index in [2.05, 4.69) is 73.6 Å². The zero-order chi connectivity index (χ0) is 19.5. The Morgan fingerprint density at radius 2 is 1.50 bits per heavy atom. The van der Waals surface area contributed by atoms with Gasteiger partial charge in [0.05, 0.1) is 11.8 Å². The van der Waals surface area contributed by atoms with E-state index < -0.39 is 0 Å². The number of hydrogen-bond donors (Lipinski definition) is 1. The summed E-state index contributed by atoms with van der Waals surface area (Å²) in [6, 6.07) is 26.6. The van der Waals surface area contributed by atoms with Crippen LogP contribution in [0.3, 0.4) is 0 Å². The summed E-state index contributed by atoms with van der Waals surface area (Å²) in [7, 11) is 0. The Morgan fingerprint density at radius 1 is 0.893 bits per heavy atom. The van der Waals surface area contributed by atoms with Gasteiger partial charge in [0.15, 0.2) is 5.11 Å². The van der Waals surface area contributed by atoms with Crippen LogP contribution < -0.4 is 5.32 Å². The molecule has 1 aliphatic heterocycles. The van der Waals surface area contributed by atoms with Crippen LogP contribution in [-0.2, 0) is 0 Å². The molecular formula is C22H17Br2N3S. The number of thiocarbonyl (C=S) groups is 1. The Bertz CT molecular complexity index is 1000. The number of hydrazone groups is 1. The minimum Gasteiger partial charge on any atom is -0.331 e. The maximum atomic E-state index is 5.72. The average molecular weight is 515 g/mol. The third-order valence-corrected chi connectivity index (χ3v) is 5.92. The molecule has 0 bridgehead atoms. The van der Waals surface area contributed by atoms with Crippen molar-refractivity contribution in [2.24, 2.45) is 5.10 Å². The van der Waals surface area contributed by atoms with Crippen molar-refractivity contribution in [3.63, 3.8) is 0 Å². The third-order valence-electron chi connectivity index (χ3n) is 4.58. The van der Waals surface area contributed by atoms with Gasteiger partial charge >= 0.3 is 0 Å². The minimum atomic E-state index is 0.0651. The molecule has 1 atom stereocenters. The van der Waals surface area contributed by atoms with Gasteiger partial charge in [-0.2, -0.15) is 5.10 Å². The van der Waals surface area contributed by atoms with Gasteiger partial charge in [-0.05, 0) is 59.7 Å². The molecule has 1 heterocycles. The number of hydrogen-bond acceptors (Lipinski definition) is 2. The summed E-state index contributed by atoms with van der Waals surface area (Å²) < 4.78 is 2.08. The fraction of sp³-hybridized carbons (Fsp3) is 0.0909. The third kappa shape index (κ3) is 4.35. The topological polar surface area (TPSA) is 27.6 Å². The van der Waals surface area contributed by atoms with E-state index in [0.717, 1.165) is 32.3 Å². The Kier molecular flexibility index (Phi) is 5.90. The number of halogens is 2. The number of nitrogens with one attached hydrogen (secondary N) is 1. The van der Waals surface area contributed by atoms with Crippen molar-refractivity contribution in [3.05, 3.63) is 98.9 Å². The number of anilines is 1.